The largest absolute Gasteiger partial charge is 0.393 e. The fraction of sp³-hybridized carbons (Fsp3) is 0.750. The van der Waals surface area contributed by atoms with E-state index >= 15 is 0 Å². The van der Waals surface area contributed by atoms with Crippen molar-refractivity contribution in [2.75, 3.05) is 0 Å². The average molecular weight is 383 g/mol. The molecule has 0 aromatic carbocycles. The Morgan fingerprint density at radius 3 is 2.68 bits per heavy atom. The highest BCUT2D eigenvalue weighted by Crippen LogP contribution is 2.66. The van der Waals surface area contributed by atoms with E-state index in [1.807, 2.05) is 19.4 Å². The minimum absolute atomic E-state index is 0.113. The molecule has 0 radical (unpaired) electrons. The van der Waals surface area contributed by atoms with Gasteiger partial charge in [-0.15, -0.1) is 0 Å². The zero-order valence-electron chi connectivity index (χ0n) is 17.5. The molecule has 1 aromatic heterocycles. The van der Waals surface area contributed by atoms with Gasteiger partial charge < -0.3 is 5.11 Å². The maximum atomic E-state index is 12.9. The first-order valence-electron chi connectivity index (χ1n) is 11.2. The summed E-state index contributed by atoms with van der Waals surface area (Å²) >= 11 is 0. The molecule has 4 heteroatoms. The van der Waals surface area contributed by atoms with E-state index in [0.717, 1.165) is 42.7 Å². The Morgan fingerprint density at radius 1 is 1.14 bits per heavy atom. The summed E-state index contributed by atoms with van der Waals surface area (Å²) in [6.45, 7) is 4.82. The molecule has 4 saturated carbocycles. The van der Waals surface area contributed by atoms with E-state index in [0.29, 0.717) is 23.5 Å². The van der Waals surface area contributed by atoms with Gasteiger partial charge in [0.15, 0.2) is 5.78 Å². The van der Waals surface area contributed by atoms with Gasteiger partial charge in [-0.2, -0.15) is 5.10 Å². The molecule has 0 aliphatic heterocycles. The lowest BCUT2D eigenvalue weighted by atomic mass is 9.45. The molecule has 5 rings (SSSR count). The number of hydrogen-bond acceptors (Lipinski definition) is 3. The number of aliphatic hydroxyl groups excluding tert-OH is 1. The Morgan fingerprint density at radius 2 is 1.93 bits per heavy atom. The number of aliphatic hydroxyl groups is 1. The Balaban J connectivity index is 1.46. The second-order valence-corrected chi connectivity index (χ2v) is 10.7. The van der Waals surface area contributed by atoms with Crippen molar-refractivity contribution in [1.82, 2.24) is 9.78 Å². The maximum absolute atomic E-state index is 12.9. The lowest BCUT2D eigenvalue weighted by molar-refractivity contribution is -0.134. The van der Waals surface area contributed by atoms with Crippen LogP contribution in [0.15, 0.2) is 18.0 Å². The number of rotatable bonds is 1. The van der Waals surface area contributed by atoms with Crippen LogP contribution in [0.2, 0.25) is 0 Å². The molecule has 28 heavy (non-hydrogen) atoms. The average Bonchev–Trinajstić information content (AvgIpc) is 3.19. The molecule has 0 bridgehead atoms. The van der Waals surface area contributed by atoms with Crippen molar-refractivity contribution in [2.24, 2.45) is 41.5 Å². The van der Waals surface area contributed by atoms with Crippen LogP contribution in [0.1, 0.15) is 70.8 Å². The molecule has 0 unspecified atom stereocenters. The number of hydrogen-bond donors (Lipinski definition) is 1. The van der Waals surface area contributed by atoms with E-state index in [9.17, 15) is 9.90 Å². The van der Waals surface area contributed by atoms with Crippen molar-refractivity contribution in [1.29, 1.82) is 0 Å². The number of aromatic nitrogens is 2. The van der Waals surface area contributed by atoms with Gasteiger partial charge in [0.1, 0.15) is 0 Å². The van der Waals surface area contributed by atoms with Crippen molar-refractivity contribution in [3.8, 4) is 0 Å². The summed E-state index contributed by atoms with van der Waals surface area (Å²) in [4.78, 5) is 12.9. The third kappa shape index (κ3) is 2.59. The van der Waals surface area contributed by atoms with Gasteiger partial charge in [-0.1, -0.05) is 13.8 Å². The minimum Gasteiger partial charge on any atom is -0.393 e. The predicted octanol–water partition coefficient (Wildman–Crippen LogP) is 4.39. The number of Topliss-reactive ketones (excluding diaryl/α,β-unsaturated/α-hetero) is 1. The van der Waals surface area contributed by atoms with Crippen LogP contribution in [-0.4, -0.2) is 26.8 Å². The summed E-state index contributed by atoms with van der Waals surface area (Å²) < 4.78 is 1.80. The lowest BCUT2D eigenvalue weighted by Gasteiger charge is -2.60. The van der Waals surface area contributed by atoms with Crippen LogP contribution in [0.3, 0.4) is 0 Å². The molecule has 0 amide bonds. The van der Waals surface area contributed by atoms with Crippen LogP contribution in [0.5, 0.6) is 0 Å². The van der Waals surface area contributed by atoms with Crippen molar-refractivity contribution in [2.45, 2.75) is 71.3 Å². The predicted molar refractivity (Wildman–Crippen MR) is 109 cm³/mol. The van der Waals surface area contributed by atoms with Crippen LogP contribution < -0.4 is 0 Å². The summed E-state index contributed by atoms with van der Waals surface area (Å²) in [6, 6.07) is 0. The van der Waals surface area contributed by atoms with Crippen LogP contribution >= 0.6 is 0 Å². The van der Waals surface area contributed by atoms with Gasteiger partial charge in [0, 0.05) is 25.2 Å². The monoisotopic (exact) mass is 382 g/mol. The Hall–Kier alpha value is -1.42. The molecule has 0 saturated heterocycles. The van der Waals surface area contributed by atoms with Gasteiger partial charge >= 0.3 is 0 Å². The number of carbonyl (C=O) groups is 1. The van der Waals surface area contributed by atoms with E-state index in [1.165, 1.54) is 25.7 Å². The zero-order chi connectivity index (χ0) is 19.7. The van der Waals surface area contributed by atoms with Gasteiger partial charge in [-0.3, -0.25) is 9.48 Å². The maximum Gasteiger partial charge on any atom is 0.159 e. The molecule has 4 nitrogen and oxygen atoms in total. The van der Waals surface area contributed by atoms with E-state index in [2.05, 4.69) is 25.0 Å². The summed E-state index contributed by atoms with van der Waals surface area (Å²) in [5.74, 6) is 2.97. The third-order valence-electron chi connectivity index (χ3n) is 9.44. The molecule has 0 spiro atoms. The first kappa shape index (κ1) is 18.6. The van der Waals surface area contributed by atoms with Gasteiger partial charge in [-0.25, -0.2) is 0 Å². The zero-order valence-corrected chi connectivity index (χ0v) is 17.5. The van der Waals surface area contributed by atoms with E-state index in [-0.39, 0.29) is 16.9 Å². The molecule has 1 N–H and O–H groups in total. The second-order valence-electron chi connectivity index (χ2n) is 10.7. The number of aryl methyl sites for hydroxylation is 1. The van der Waals surface area contributed by atoms with Crippen molar-refractivity contribution < 1.29 is 9.90 Å². The fourth-order valence-corrected chi connectivity index (χ4v) is 7.83. The van der Waals surface area contributed by atoms with Crippen molar-refractivity contribution in [3.63, 3.8) is 0 Å². The Kier molecular flexibility index (Phi) is 4.18. The normalized spacial score (nSPS) is 46.9. The highest BCUT2D eigenvalue weighted by Gasteiger charge is 2.60. The van der Waals surface area contributed by atoms with Crippen LogP contribution in [0, 0.1) is 34.5 Å². The molecule has 152 valence electrons. The molecule has 7 atom stereocenters. The smallest absolute Gasteiger partial charge is 0.159 e. The number of fused-ring (bicyclic) bond motifs is 5. The van der Waals surface area contributed by atoms with Crippen molar-refractivity contribution in [3.05, 3.63) is 23.5 Å². The number of allylic oxidation sites excluding steroid dienone is 1. The molecule has 4 fully saturated rings. The van der Waals surface area contributed by atoms with Gasteiger partial charge in [-0.05, 0) is 91.1 Å². The number of nitrogens with zero attached hydrogens (tertiary/aromatic N) is 2. The van der Waals surface area contributed by atoms with E-state index in [1.54, 1.807) is 4.68 Å². The first-order chi connectivity index (χ1) is 13.3. The van der Waals surface area contributed by atoms with Crippen LogP contribution in [0.25, 0.3) is 6.08 Å². The van der Waals surface area contributed by atoms with E-state index < -0.39 is 0 Å². The highest BCUT2D eigenvalue weighted by molar-refractivity contribution is 6.00. The van der Waals surface area contributed by atoms with E-state index in [4.69, 9.17) is 0 Å². The summed E-state index contributed by atoms with van der Waals surface area (Å²) in [5.41, 5.74) is 2.39. The minimum atomic E-state index is -0.113. The summed E-state index contributed by atoms with van der Waals surface area (Å²) in [7, 11) is 1.92. The second kappa shape index (κ2) is 6.29. The first-order valence-corrected chi connectivity index (χ1v) is 11.2. The third-order valence-corrected chi connectivity index (χ3v) is 9.44. The SMILES string of the molecule is Cn1cc(/C=C2/C[C@@]3(C)[C@H](CC[C@@H]4[C@@H]3CC[C@]3(C)[C@@H](O)CC[C@@H]43)CC2=O)cn1. The molecule has 4 aliphatic carbocycles. The van der Waals surface area contributed by atoms with Crippen LogP contribution in [-0.2, 0) is 11.8 Å². The summed E-state index contributed by atoms with van der Waals surface area (Å²) in [5, 5.41) is 14.9. The number of carbonyl (C=O) groups excluding carboxylic acids is 1. The van der Waals surface area contributed by atoms with Crippen molar-refractivity contribution >= 4 is 11.9 Å². The standard InChI is InChI=1S/C24H34N2O2/c1-23-9-8-20-18(19(23)6-7-22(23)28)5-4-17-11-21(27)16(12-24(17,20)2)10-15-13-25-26(3)14-15/h10,13-14,17-20,22,28H,4-9,11-12H2,1-3H3/b16-10-/t17-,18+,19+,20+,22+,23+,24+/m1/s1. The number of ketones is 1. The molecular weight excluding hydrogens is 348 g/mol. The van der Waals surface area contributed by atoms with Gasteiger partial charge in [0.05, 0.1) is 12.3 Å². The highest BCUT2D eigenvalue weighted by atomic mass is 16.3. The lowest BCUT2D eigenvalue weighted by Crippen LogP contribution is -2.54. The Labute approximate surface area is 168 Å². The Bertz CT molecular complexity index is 826. The summed E-state index contributed by atoms with van der Waals surface area (Å²) in [6.07, 6.45) is 14.4. The molecule has 1 aromatic rings. The molecule has 1 heterocycles. The quantitative estimate of drug-likeness (QED) is 0.733. The molecule has 4 aliphatic rings. The van der Waals surface area contributed by atoms with Gasteiger partial charge in [0.2, 0.25) is 0 Å². The van der Waals surface area contributed by atoms with Crippen LogP contribution in [0.4, 0.5) is 0 Å². The van der Waals surface area contributed by atoms with Gasteiger partial charge in [0.25, 0.3) is 0 Å². The topological polar surface area (TPSA) is 55.1 Å². The fourth-order valence-electron chi connectivity index (χ4n) is 7.83. The molecular formula is C24H34N2O2.